The minimum atomic E-state index is -0.641. The fourth-order valence-corrected chi connectivity index (χ4v) is 3.39. The first kappa shape index (κ1) is 12.9. The van der Waals surface area contributed by atoms with Crippen LogP contribution < -0.4 is 0 Å². The fourth-order valence-electron chi connectivity index (χ4n) is 3.39. The number of aliphatic carboxylic acids is 1. The van der Waals surface area contributed by atoms with E-state index >= 15 is 0 Å². The number of nitrogens with zero attached hydrogens (tertiary/aromatic N) is 1. The molecule has 1 aliphatic heterocycles. The van der Waals surface area contributed by atoms with Crippen LogP contribution >= 0.6 is 0 Å². The predicted molar refractivity (Wildman–Crippen MR) is 68.0 cm³/mol. The summed E-state index contributed by atoms with van der Waals surface area (Å²) in [5, 5.41) is 9.16. The summed E-state index contributed by atoms with van der Waals surface area (Å²) < 4.78 is 0. The van der Waals surface area contributed by atoms with Crippen molar-refractivity contribution in [2.45, 2.75) is 63.8 Å². The van der Waals surface area contributed by atoms with Gasteiger partial charge in [0.2, 0.25) is 0 Å². The lowest BCUT2D eigenvalue weighted by Gasteiger charge is -2.46. The molecule has 17 heavy (non-hydrogen) atoms. The van der Waals surface area contributed by atoms with Gasteiger partial charge in [0, 0.05) is 5.54 Å². The highest BCUT2D eigenvalue weighted by Gasteiger charge is 2.38. The Balaban J connectivity index is 2.00. The van der Waals surface area contributed by atoms with Gasteiger partial charge >= 0.3 is 5.97 Å². The van der Waals surface area contributed by atoms with E-state index in [1.165, 1.54) is 38.5 Å². The van der Waals surface area contributed by atoms with Gasteiger partial charge in [0.25, 0.3) is 0 Å². The molecule has 1 saturated carbocycles. The molecule has 1 heterocycles. The summed E-state index contributed by atoms with van der Waals surface area (Å²) in [4.78, 5) is 13.6. The van der Waals surface area contributed by atoms with E-state index in [1.807, 2.05) is 0 Å². The number of hydrogen-bond acceptors (Lipinski definition) is 2. The maximum Gasteiger partial charge on any atom is 0.305 e. The van der Waals surface area contributed by atoms with Crippen LogP contribution in [0.2, 0.25) is 0 Å². The van der Waals surface area contributed by atoms with Crippen molar-refractivity contribution in [2.24, 2.45) is 5.92 Å². The molecule has 1 saturated heterocycles. The quantitative estimate of drug-likeness (QED) is 0.802. The van der Waals surface area contributed by atoms with Crippen molar-refractivity contribution in [3.63, 3.8) is 0 Å². The lowest BCUT2D eigenvalue weighted by atomic mass is 9.74. The topological polar surface area (TPSA) is 40.5 Å². The van der Waals surface area contributed by atoms with Crippen LogP contribution in [0.5, 0.6) is 0 Å². The number of piperidine rings is 1. The highest BCUT2D eigenvalue weighted by atomic mass is 16.4. The van der Waals surface area contributed by atoms with E-state index in [9.17, 15) is 4.79 Å². The molecule has 0 aromatic heterocycles. The normalized spacial score (nSPS) is 26.2. The van der Waals surface area contributed by atoms with Gasteiger partial charge in [-0.3, -0.25) is 9.69 Å². The molecule has 0 spiro atoms. The molecular weight excluding hydrogens is 214 g/mol. The van der Waals surface area contributed by atoms with Gasteiger partial charge in [-0.1, -0.05) is 25.7 Å². The zero-order valence-electron chi connectivity index (χ0n) is 11.0. The lowest BCUT2D eigenvalue weighted by molar-refractivity contribution is -0.141. The summed E-state index contributed by atoms with van der Waals surface area (Å²) in [6.45, 7) is 4.36. The van der Waals surface area contributed by atoms with Crippen LogP contribution in [0.25, 0.3) is 0 Å². The van der Waals surface area contributed by atoms with E-state index in [2.05, 4.69) is 11.8 Å². The molecule has 0 radical (unpaired) electrons. The Bertz CT molecular complexity index is 269. The Morgan fingerprint density at radius 1 is 1.24 bits per heavy atom. The molecule has 0 aromatic carbocycles. The second kappa shape index (κ2) is 5.38. The molecule has 3 heteroatoms. The average Bonchev–Trinajstić information content (AvgIpc) is 2.24. The Kier molecular flexibility index (Phi) is 4.08. The minimum absolute atomic E-state index is 0.0999. The van der Waals surface area contributed by atoms with Crippen LogP contribution in [-0.2, 0) is 4.79 Å². The molecule has 2 aliphatic rings. The number of hydrogen-bond donors (Lipinski definition) is 1. The van der Waals surface area contributed by atoms with Gasteiger partial charge in [-0.15, -0.1) is 0 Å². The number of carboxylic acids is 1. The molecule has 0 amide bonds. The molecule has 1 atom stereocenters. The monoisotopic (exact) mass is 239 g/mol. The van der Waals surface area contributed by atoms with Crippen LogP contribution in [0, 0.1) is 5.92 Å². The third-order valence-electron chi connectivity index (χ3n) is 4.60. The zero-order chi connectivity index (χ0) is 12.3. The maximum atomic E-state index is 11.1. The summed E-state index contributed by atoms with van der Waals surface area (Å²) in [7, 11) is 0. The fraction of sp³-hybridized carbons (Fsp3) is 0.929. The first-order valence-electron chi connectivity index (χ1n) is 7.07. The molecule has 0 bridgehead atoms. The Labute approximate surface area is 104 Å². The van der Waals surface area contributed by atoms with E-state index in [4.69, 9.17) is 5.11 Å². The van der Waals surface area contributed by atoms with E-state index in [1.54, 1.807) is 0 Å². The van der Waals surface area contributed by atoms with Gasteiger partial charge in [-0.25, -0.2) is 0 Å². The number of carbonyl (C=O) groups is 1. The molecule has 0 aromatic rings. The van der Waals surface area contributed by atoms with Crippen molar-refractivity contribution in [1.29, 1.82) is 0 Å². The second-order valence-electron chi connectivity index (χ2n) is 6.12. The molecule has 1 unspecified atom stereocenters. The van der Waals surface area contributed by atoms with Crippen LogP contribution in [0.15, 0.2) is 0 Å². The second-order valence-corrected chi connectivity index (χ2v) is 6.12. The van der Waals surface area contributed by atoms with E-state index in [-0.39, 0.29) is 5.54 Å². The summed E-state index contributed by atoms with van der Waals surface area (Å²) >= 11 is 0. The Hall–Kier alpha value is -0.570. The van der Waals surface area contributed by atoms with E-state index in [0.29, 0.717) is 6.42 Å². The van der Waals surface area contributed by atoms with Gasteiger partial charge in [-0.05, 0) is 45.2 Å². The average molecular weight is 239 g/mol. The van der Waals surface area contributed by atoms with Crippen molar-refractivity contribution >= 4 is 5.97 Å². The van der Waals surface area contributed by atoms with Crippen molar-refractivity contribution in [1.82, 2.24) is 4.90 Å². The van der Waals surface area contributed by atoms with Gasteiger partial charge in [0.1, 0.15) is 0 Å². The number of likely N-dealkylation sites (tertiary alicyclic amines) is 1. The Morgan fingerprint density at radius 2 is 1.88 bits per heavy atom. The smallest absolute Gasteiger partial charge is 0.305 e. The van der Waals surface area contributed by atoms with Crippen LogP contribution in [0.4, 0.5) is 0 Å². The lowest BCUT2D eigenvalue weighted by Crippen LogP contribution is -2.51. The predicted octanol–water partition coefficient (Wildman–Crippen LogP) is 2.90. The van der Waals surface area contributed by atoms with E-state index < -0.39 is 5.97 Å². The van der Waals surface area contributed by atoms with Crippen LogP contribution in [0.1, 0.15) is 58.3 Å². The van der Waals surface area contributed by atoms with Crippen molar-refractivity contribution in [2.75, 3.05) is 13.1 Å². The molecule has 98 valence electrons. The van der Waals surface area contributed by atoms with Crippen molar-refractivity contribution < 1.29 is 9.90 Å². The molecule has 1 aliphatic carbocycles. The number of carboxylic acid groups (broad SMARTS) is 1. The zero-order valence-corrected chi connectivity index (χ0v) is 11.0. The van der Waals surface area contributed by atoms with Gasteiger partial charge in [0.15, 0.2) is 0 Å². The minimum Gasteiger partial charge on any atom is -0.481 e. The van der Waals surface area contributed by atoms with Crippen molar-refractivity contribution in [3.05, 3.63) is 0 Å². The Morgan fingerprint density at radius 3 is 2.35 bits per heavy atom. The summed E-state index contributed by atoms with van der Waals surface area (Å²) in [6, 6.07) is 0. The van der Waals surface area contributed by atoms with Crippen LogP contribution in [-0.4, -0.2) is 34.6 Å². The first-order valence-corrected chi connectivity index (χ1v) is 7.07. The summed E-state index contributed by atoms with van der Waals surface area (Å²) in [6.07, 6.45) is 9.13. The molecular formula is C14H25NO2. The first-order chi connectivity index (χ1) is 8.10. The largest absolute Gasteiger partial charge is 0.481 e. The molecule has 1 N–H and O–H groups in total. The van der Waals surface area contributed by atoms with Crippen LogP contribution in [0.3, 0.4) is 0 Å². The molecule has 2 fully saturated rings. The van der Waals surface area contributed by atoms with E-state index in [0.717, 1.165) is 25.4 Å². The highest BCUT2D eigenvalue weighted by Crippen LogP contribution is 2.38. The maximum absolute atomic E-state index is 11.1. The third-order valence-corrected chi connectivity index (χ3v) is 4.60. The summed E-state index contributed by atoms with van der Waals surface area (Å²) in [5.74, 6) is 0.138. The number of rotatable bonds is 5. The summed E-state index contributed by atoms with van der Waals surface area (Å²) in [5.41, 5.74) is -0.0999. The standard InChI is InChI=1S/C14H25NO2/c1-14(11-13(16)17,10-12-6-5-7-12)15-8-3-2-4-9-15/h12H,2-11H2,1H3,(H,16,17). The van der Waals surface area contributed by atoms with Crippen molar-refractivity contribution in [3.8, 4) is 0 Å². The molecule has 2 rings (SSSR count). The van der Waals surface area contributed by atoms with Gasteiger partial charge in [-0.2, -0.15) is 0 Å². The molecule has 3 nitrogen and oxygen atoms in total. The van der Waals surface area contributed by atoms with Gasteiger partial charge < -0.3 is 5.11 Å². The third kappa shape index (κ3) is 3.21. The van der Waals surface area contributed by atoms with Gasteiger partial charge in [0.05, 0.1) is 6.42 Å². The SMILES string of the molecule is CC(CC(=O)O)(CC1CCC1)N1CCCCC1. The highest BCUT2D eigenvalue weighted by molar-refractivity contribution is 5.68.